The zero-order valence-electron chi connectivity index (χ0n) is 9.42. The Labute approximate surface area is 130 Å². The van der Waals surface area contributed by atoms with E-state index in [4.69, 9.17) is 0 Å². The average molecular weight is 313 g/mol. The SMILES string of the molecule is O=C1OC(=O)c2cc[c-]cc21.[Y].[c-]1ccccc1. The summed E-state index contributed by atoms with van der Waals surface area (Å²) in [7, 11) is 0. The molecule has 1 heterocycles. The maximum atomic E-state index is 10.8. The molecule has 3 nitrogen and oxygen atoms in total. The Balaban J connectivity index is 0.000000199. The van der Waals surface area contributed by atoms with Crippen molar-refractivity contribution in [3.8, 4) is 0 Å². The van der Waals surface area contributed by atoms with Crippen LogP contribution in [0.4, 0.5) is 0 Å². The second-order valence-corrected chi connectivity index (χ2v) is 3.23. The van der Waals surface area contributed by atoms with E-state index in [2.05, 4.69) is 16.9 Å². The summed E-state index contributed by atoms with van der Waals surface area (Å²) in [6, 6.07) is 19.7. The number of hydrogen-bond donors (Lipinski definition) is 0. The standard InChI is InChI=1S/C8H3O3.C6H5.Y/c9-7-5-3-1-2-4-6(5)8(10)11-7;1-2-4-6-5-3-1;/h1,3-4H;1-5H;/q2*-1;. The molecule has 87 valence electrons. The first-order valence-electron chi connectivity index (χ1n) is 4.97. The Morgan fingerprint density at radius 2 is 1.50 bits per heavy atom. The Morgan fingerprint density at radius 1 is 0.833 bits per heavy atom. The van der Waals surface area contributed by atoms with Crippen LogP contribution in [0.2, 0.25) is 0 Å². The van der Waals surface area contributed by atoms with Crippen LogP contribution in [0.15, 0.2) is 48.5 Å². The molecule has 0 amide bonds. The van der Waals surface area contributed by atoms with Gasteiger partial charge in [-0.25, -0.2) is 4.79 Å². The van der Waals surface area contributed by atoms with Gasteiger partial charge in [0.15, 0.2) is 0 Å². The van der Waals surface area contributed by atoms with E-state index in [-0.39, 0.29) is 32.7 Å². The summed E-state index contributed by atoms with van der Waals surface area (Å²) in [6.07, 6.45) is 0. The molecule has 0 fully saturated rings. The number of hydrogen-bond acceptors (Lipinski definition) is 3. The van der Waals surface area contributed by atoms with E-state index >= 15 is 0 Å². The Morgan fingerprint density at radius 3 is 2.00 bits per heavy atom. The molecule has 0 atom stereocenters. The molecule has 0 aromatic heterocycles. The fraction of sp³-hybridized carbons (Fsp3) is 0. The van der Waals surface area contributed by atoms with E-state index in [1.807, 2.05) is 30.3 Å². The molecule has 0 saturated carbocycles. The van der Waals surface area contributed by atoms with Crippen molar-refractivity contribution in [3.63, 3.8) is 0 Å². The van der Waals surface area contributed by atoms with Crippen molar-refractivity contribution in [2.75, 3.05) is 0 Å². The number of carbonyl (C=O) groups is 2. The van der Waals surface area contributed by atoms with E-state index in [1.165, 1.54) is 12.1 Å². The van der Waals surface area contributed by atoms with Gasteiger partial charge in [0.1, 0.15) is 0 Å². The predicted octanol–water partition coefficient (Wildman–Crippen LogP) is 2.28. The van der Waals surface area contributed by atoms with Crippen molar-refractivity contribution in [1.82, 2.24) is 0 Å². The van der Waals surface area contributed by atoms with E-state index < -0.39 is 11.9 Å². The molecule has 0 unspecified atom stereocenters. The van der Waals surface area contributed by atoms with Crippen LogP contribution in [-0.2, 0) is 37.4 Å². The van der Waals surface area contributed by atoms with Crippen LogP contribution in [0.3, 0.4) is 0 Å². The van der Waals surface area contributed by atoms with Gasteiger partial charge in [0.25, 0.3) is 5.97 Å². The summed E-state index contributed by atoms with van der Waals surface area (Å²) in [5, 5.41) is 0. The molecule has 3 rings (SSSR count). The zero-order valence-corrected chi connectivity index (χ0v) is 12.3. The van der Waals surface area contributed by atoms with E-state index in [1.54, 1.807) is 6.07 Å². The van der Waals surface area contributed by atoms with Crippen molar-refractivity contribution >= 4 is 11.9 Å². The maximum absolute atomic E-state index is 10.8. The Bertz CT molecular complexity index is 478. The molecular weight excluding hydrogens is 305 g/mol. The van der Waals surface area contributed by atoms with Crippen LogP contribution in [0.5, 0.6) is 0 Å². The second kappa shape index (κ2) is 7.19. The molecule has 0 N–H and O–H groups in total. The van der Waals surface area contributed by atoms with Gasteiger partial charge in [-0.05, 0) is 11.1 Å². The summed E-state index contributed by atoms with van der Waals surface area (Å²) < 4.78 is 4.33. The summed E-state index contributed by atoms with van der Waals surface area (Å²) in [6.45, 7) is 0. The van der Waals surface area contributed by atoms with Crippen LogP contribution in [-0.4, -0.2) is 11.9 Å². The van der Waals surface area contributed by atoms with Gasteiger partial charge in [0, 0.05) is 32.7 Å². The van der Waals surface area contributed by atoms with Gasteiger partial charge in [0.2, 0.25) is 0 Å². The van der Waals surface area contributed by atoms with Gasteiger partial charge in [-0.1, -0.05) is 0 Å². The largest absolute Gasteiger partial charge is 0.397 e. The van der Waals surface area contributed by atoms with Crippen LogP contribution in [0.25, 0.3) is 0 Å². The van der Waals surface area contributed by atoms with Crippen LogP contribution >= 0.6 is 0 Å². The average Bonchev–Trinajstić information content (AvgIpc) is 2.69. The number of esters is 2. The molecule has 18 heavy (non-hydrogen) atoms. The number of ether oxygens (including phenoxy) is 1. The fourth-order valence-electron chi connectivity index (χ4n) is 1.31. The molecule has 1 radical (unpaired) electrons. The minimum atomic E-state index is -0.582. The second-order valence-electron chi connectivity index (χ2n) is 3.23. The van der Waals surface area contributed by atoms with Gasteiger partial charge in [0.05, 0.1) is 0 Å². The number of rotatable bonds is 0. The smallest absolute Gasteiger partial charge is 0.321 e. The molecule has 0 spiro atoms. The molecule has 2 aromatic carbocycles. The first kappa shape index (κ1) is 14.7. The van der Waals surface area contributed by atoms with Gasteiger partial charge in [-0.2, -0.15) is 60.7 Å². The van der Waals surface area contributed by atoms with Crippen LogP contribution < -0.4 is 0 Å². The zero-order chi connectivity index (χ0) is 12.1. The van der Waals surface area contributed by atoms with Crippen LogP contribution in [0, 0.1) is 12.1 Å². The van der Waals surface area contributed by atoms with E-state index in [0.29, 0.717) is 11.1 Å². The maximum Gasteiger partial charge on any atom is 0.321 e. The third-order valence-corrected chi connectivity index (χ3v) is 2.10. The minimum Gasteiger partial charge on any atom is -0.397 e. The minimum absolute atomic E-state index is 0. The summed E-state index contributed by atoms with van der Waals surface area (Å²) in [5.41, 5.74) is 0.631. The summed E-state index contributed by atoms with van der Waals surface area (Å²) in [5.74, 6) is -1.15. The predicted molar refractivity (Wildman–Crippen MR) is 60.3 cm³/mol. The van der Waals surface area contributed by atoms with Crippen molar-refractivity contribution in [2.45, 2.75) is 0 Å². The number of cyclic esters (lactones) is 2. The quantitative estimate of drug-likeness (QED) is 0.426. The Hall–Kier alpha value is -1.32. The molecule has 0 aliphatic carbocycles. The number of carbonyl (C=O) groups excluding carboxylic acids is 2. The molecule has 1 aliphatic rings. The van der Waals surface area contributed by atoms with Crippen LogP contribution in [0.1, 0.15) is 20.7 Å². The molecule has 0 bridgehead atoms. The number of benzene rings is 2. The monoisotopic (exact) mass is 313 g/mol. The molecule has 4 heteroatoms. The van der Waals surface area contributed by atoms with E-state index in [9.17, 15) is 9.59 Å². The van der Waals surface area contributed by atoms with Gasteiger partial charge < -0.3 is 4.74 Å². The number of fused-ring (bicyclic) bond motifs is 1. The summed E-state index contributed by atoms with van der Waals surface area (Å²) in [4.78, 5) is 21.6. The first-order valence-corrected chi connectivity index (χ1v) is 4.97. The molecular formula is C14H8O3Y-2. The third-order valence-electron chi connectivity index (χ3n) is 2.10. The van der Waals surface area contributed by atoms with Gasteiger partial charge in [-0.15, -0.1) is 0 Å². The summed E-state index contributed by atoms with van der Waals surface area (Å²) >= 11 is 0. The van der Waals surface area contributed by atoms with Gasteiger partial charge in [-0.3, -0.25) is 4.79 Å². The normalized spacial score (nSPS) is 11.6. The van der Waals surface area contributed by atoms with Crippen molar-refractivity contribution < 1.29 is 47.0 Å². The Kier molecular flexibility index (Phi) is 5.89. The fourth-order valence-corrected chi connectivity index (χ4v) is 1.31. The van der Waals surface area contributed by atoms with Crippen molar-refractivity contribution in [2.24, 2.45) is 0 Å². The molecule has 0 saturated heterocycles. The topological polar surface area (TPSA) is 43.4 Å². The molecule has 1 aliphatic heterocycles. The molecule has 2 aromatic rings. The van der Waals surface area contributed by atoms with Crippen molar-refractivity contribution in [1.29, 1.82) is 0 Å². The van der Waals surface area contributed by atoms with E-state index in [0.717, 1.165) is 0 Å². The van der Waals surface area contributed by atoms with Gasteiger partial charge >= 0.3 is 5.97 Å². The first-order chi connectivity index (χ1) is 8.29. The third kappa shape index (κ3) is 3.59. The van der Waals surface area contributed by atoms with Crippen molar-refractivity contribution in [3.05, 3.63) is 71.8 Å².